The van der Waals surface area contributed by atoms with Gasteiger partial charge in [-0.15, -0.1) is 11.3 Å². The van der Waals surface area contributed by atoms with Crippen molar-refractivity contribution in [2.24, 2.45) is 0 Å². The zero-order valence-corrected chi connectivity index (χ0v) is 11.7. The van der Waals surface area contributed by atoms with Gasteiger partial charge in [-0.1, -0.05) is 6.07 Å². The molecule has 18 heavy (non-hydrogen) atoms. The minimum atomic E-state index is 0.189. The maximum atomic E-state index is 12.0. The Kier molecular flexibility index (Phi) is 5.20. The normalized spacial score (nSPS) is 20.1. The molecule has 0 saturated carbocycles. The van der Waals surface area contributed by atoms with Crippen molar-refractivity contribution < 1.29 is 9.53 Å². The second-order valence-corrected chi connectivity index (χ2v) is 5.84. The summed E-state index contributed by atoms with van der Waals surface area (Å²) in [6.45, 7) is 4.22. The van der Waals surface area contributed by atoms with Gasteiger partial charge in [0.05, 0.1) is 12.7 Å². The number of amides is 1. The maximum Gasteiger partial charge on any atom is 0.222 e. The third-order valence-electron chi connectivity index (χ3n) is 3.24. The molecule has 1 atom stereocenters. The number of carbonyl (C=O) groups is 1. The summed E-state index contributed by atoms with van der Waals surface area (Å²) in [6.07, 6.45) is 4.06. The molecule has 1 aliphatic heterocycles. The maximum absolute atomic E-state index is 12.0. The van der Waals surface area contributed by atoms with Gasteiger partial charge in [0.2, 0.25) is 5.91 Å². The van der Waals surface area contributed by atoms with Gasteiger partial charge >= 0.3 is 0 Å². The smallest absolute Gasteiger partial charge is 0.222 e. The highest BCUT2D eigenvalue weighted by atomic mass is 32.1. The topological polar surface area (TPSA) is 29.5 Å². The number of rotatable bonds is 5. The Balaban J connectivity index is 1.62. The Bertz CT molecular complexity index is 364. The molecule has 1 saturated heterocycles. The first kappa shape index (κ1) is 13.6. The average molecular weight is 267 g/mol. The van der Waals surface area contributed by atoms with Crippen molar-refractivity contribution in [1.29, 1.82) is 0 Å². The SMILES string of the molecule is CC1CN(C(=O)CCCCc2cccs2)CCO1. The highest BCUT2D eigenvalue weighted by molar-refractivity contribution is 7.09. The van der Waals surface area contributed by atoms with E-state index in [-0.39, 0.29) is 12.0 Å². The molecule has 3 nitrogen and oxygen atoms in total. The number of hydrogen-bond donors (Lipinski definition) is 0. The van der Waals surface area contributed by atoms with Gasteiger partial charge in [0.25, 0.3) is 0 Å². The first-order chi connectivity index (χ1) is 8.75. The standard InChI is InChI=1S/C14H21NO2S/c1-12-11-15(8-9-17-12)14(16)7-3-2-5-13-6-4-10-18-13/h4,6,10,12H,2-3,5,7-9,11H2,1H3. The summed E-state index contributed by atoms with van der Waals surface area (Å²) in [6, 6.07) is 4.25. The summed E-state index contributed by atoms with van der Waals surface area (Å²) in [4.78, 5) is 15.3. The molecule has 0 N–H and O–H groups in total. The zero-order valence-electron chi connectivity index (χ0n) is 10.9. The second-order valence-electron chi connectivity index (χ2n) is 4.81. The molecule has 0 aromatic carbocycles. The summed E-state index contributed by atoms with van der Waals surface area (Å²) in [5.41, 5.74) is 0. The molecule has 0 spiro atoms. The lowest BCUT2D eigenvalue weighted by atomic mass is 10.1. The molecule has 0 aliphatic carbocycles. The molecular weight excluding hydrogens is 246 g/mol. The Hall–Kier alpha value is -0.870. The van der Waals surface area contributed by atoms with Crippen molar-refractivity contribution in [2.75, 3.05) is 19.7 Å². The number of unbranched alkanes of at least 4 members (excludes halogenated alkanes) is 1. The molecule has 1 aliphatic rings. The van der Waals surface area contributed by atoms with E-state index < -0.39 is 0 Å². The molecule has 0 radical (unpaired) electrons. The van der Waals surface area contributed by atoms with E-state index in [0.717, 1.165) is 32.4 Å². The number of nitrogens with zero attached hydrogens (tertiary/aromatic N) is 1. The van der Waals surface area contributed by atoms with E-state index in [1.807, 2.05) is 11.8 Å². The van der Waals surface area contributed by atoms with Crippen LogP contribution in [0.3, 0.4) is 0 Å². The Morgan fingerprint density at radius 2 is 2.44 bits per heavy atom. The number of thiophene rings is 1. The Labute approximate surface area is 113 Å². The van der Waals surface area contributed by atoms with Crippen molar-refractivity contribution in [3.63, 3.8) is 0 Å². The van der Waals surface area contributed by atoms with Gasteiger partial charge in [0.1, 0.15) is 0 Å². The summed E-state index contributed by atoms with van der Waals surface area (Å²) in [5.74, 6) is 0.288. The number of aryl methyl sites for hydroxylation is 1. The van der Waals surface area contributed by atoms with Gasteiger partial charge in [-0.2, -0.15) is 0 Å². The molecule has 4 heteroatoms. The lowest BCUT2D eigenvalue weighted by Crippen LogP contribution is -2.44. The van der Waals surface area contributed by atoms with Crippen LogP contribution < -0.4 is 0 Å². The van der Waals surface area contributed by atoms with Crippen molar-refractivity contribution in [1.82, 2.24) is 4.90 Å². The minimum absolute atomic E-state index is 0.189. The highest BCUT2D eigenvalue weighted by Gasteiger charge is 2.20. The predicted molar refractivity (Wildman–Crippen MR) is 73.9 cm³/mol. The van der Waals surface area contributed by atoms with Crippen LogP contribution in [0.15, 0.2) is 17.5 Å². The molecule has 1 aromatic rings. The van der Waals surface area contributed by atoms with E-state index in [1.54, 1.807) is 11.3 Å². The first-order valence-corrected chi connectivity index (χ1v) is 7.55. The van der Waals surface area contributed by atoms with Crippen LogP contribution in [0.4, 0.5) is 0 Å². The fourth-order valence-electron chi connectivity index (χ4n) is 2.23. The van der Waals surface area contributed by atoms with Crippen molar-refractivity contribution in [3.05, 3.63) is 22.4 Å². The second kappa shape index (κ2) is 6.90. The van der Waals surface area contributed by atoms with E-state index in [2.05, 4.69) is 17.5 Å². The number of morpholine rings is 1. The van der Waals surface area contributed by atoms with Gasteiger partial charge in [-0.05, 0) is 37.6 Å². The fraction of sp³-hybridized carbons (Fsp3) is 0.643. The molecule has 0 bridgehead atoms. The van der Waals surface area contributed by atoms with Gasteiger partial charge in [-0.3, -0.25) is 4.79 Å². The molecule has 1 aromatic heterocycles. The monoisotopic (exact) mass is 267 g/mol. The van der Waals surface area contributed by atoms with Crippen LogP contribution >= 0.6 is 11.3 Å². The summed E-state index contributed by atoms with van der Waals surface area (Å²) >= 11 is 1.80. The zero-order chi connectivity index (χ0) is 12.8. The van der Waals surface area contributed by atoms with Crippen LogP contribution in [-0.2, 0) is 16.0 Å². The molecule has 1 amide bonds. The lowest BCUT2D eigenvalue weighted by Gasteiger charge is -2.31. The van der Waals surface area contributed by atoms with Gasteiger partial charge in [0, 0.05) is 24.4 Å². The van der Waals surface area contributed by atoms with E-state index in [9.17, 15) is 4.79 Å². The van der Waals surface area contributed by atoms with Crippen LogP contribution in [0.25, 0.3) is 0 Å². The minimum Gasteiger partial charge on any atom is -0.375 e. The molecular formula is C14H21NO2S. The van der Waals surface area contributed by atoms with Crippen LogP contribution in [-0.4, -0.2) is 36.6 Å². The third kappa shape index (κ3) is 4.10. The Morgan fingerprint density at radius 3 is 3.17 bits per heavy atom. The third-order valence-corrected chi connectivity index (χ3v) is 4.17. The van der Waals surface area contributed by atoms with Gasteiger partial charge < -0.3 is 9.64 Å². The number of carbonyl (C=O) groups excluding carboxylic acids is 1. The Morgan fingerprint density at radius 1 is 1.56 bits per heavy atom. The van der Waals surface area contributed by atoms with Crippen molar-refractivity contribution >= 4 is 17.2 Å². The summed E-state index contributed by atoms with van der Waals surface area (Å²) in [5, 5.41) is 2.11. The quantitative estimate of drug-likeness (QED) is 0.768. The lowest BCUT2D eigenvalue weighted by molar-refractivity contribution is -0.138. The van der Waals surface area contributed by atoms with Crippen LogP contribution in [0.5, 0.6) is 0 Å². The number of hydrogen-bond acceptors (Lipinski definition) is 3. The molecule has 2 heterocycles. The average Bonchev–Trinajstić information content (AvgIpc) is 2.87. The van der Waals surface area contributed by atoms with Crippen molar-refractivity contribution in [2.45, 2.75) is 38.7 Å². The largest absolute Gasteiger partial charge is 0.375 e. The van der Waals surface area contributed by atoms with Gasteiger partial charge in [0.15, 0.2) is 0 Å². The predicted octanol–water partition coefficient (Wildman–Crippen LogP) is 2.71. The van der Waals surface area contributed by atoms with E-state index in [0.29, 0.717) is 13.0 Å². The summed E-state index contributed by atoms with van der Waals surface area (Å²) in [7, 11) is 0. The van der Waals surface area contributed by atoms with E-state index in [4.69, 9.17) is 4.74 Å². The molecule has 1 unspecified atom stereocenters. The molecule has 100 valence electrons. The van der Waals surface area contributed by atoms with Crippen LogP contribution in [0.2, 0.25) is 0 Å². The van der Waals surface area contributed by atoms with E-state index in [1.165, 1.54) is 4.88 Å². The van der Waals surface area contributed by atoms with E-state index >= 15 is 0 Å². The molecule has 1 fully saturated rings. The number of ether oxygens (including phenoxy) is 1. The van der Waals surface area contributed by atoms with Gasteiger partial charge in [-0.25, -0.2) is 0 Å². The van der Waals surface area contributed by atoms with Crippen LogP contribution in [0.1, 0.15) is 31.1 Å². The fourth-order valence-corrected chi connectivity index (χ4v) is 2.98. The molecule has 2 rings (SSSR count). The van der Waals surface area contributed by atoms with Crippen LogP contribution in [0, 0.1) is 0 Å². The highest BCUT2D eigenvalue weighted by Crippen LogP contribution is 2.14. The summed E-state index contributed by atoms with van der Waals surface area (Å²) < 4.78 is 5.44. The first-order valence-electron chi connectivity index (χ1n) is 6.67. The van der Waals surface area contributed by atoms with Crippen molar-refractivity contribution in [3.8, 4) is 0 Å².